The van der Waals surface area contributed by atoms with Crippen molar-refractivity contribution in [3.63, 3.8) is 0 Å². The lowest BCUT2D eigenvalue weighted by atomic mass is 9.86. The molecule has 0 spiro atoms. The van der Waals surface area contributed by atoms with Crippen LogP contribution in [0.1, 0.15) is 60.8 Å². The molecule has 8 heterocycles. The van der Waals surface area contributed by atoms with Gasteiger partial charge in [-0.25, -0.2) is 14.8 Å². The van der Waals surface area contributed by atoms with E-state index in [-0.39, 0.29) is 41.6 Å². The van der Waals surface area contributed by atoms with Gasteiger partial charge in [0.25, 0.3) is 0 Å². The van der Waals surface area contributed by atoms with Crippen LogP contribution in [0, 0.1) is 6.92 Å². The number of benzene rings is 1. The number of aliphatic hydroxyl groups is 1. The van der Waals surface area contributed by atoms with Gasteiger partial charge in [-0.3, -0.25) is 14.7 Å². The monoisotopic (exact) mass is 825 g/mol. The second-order valence-electron chi connectivity index (χ2n) is 15.8. The van der Waals surface area contributed by atoms with Crippen LogP contribution in [-0.4, -0.2) is 74.2 Å². The number of carbonyl (C=O) groups is 1. The zero-order valence-electron chi connectivity index (χ0n) is 32.2. The highest BCUT2D eigenvalue weighted by molar-refractivity contribution is 8.76. The third kappa shape index (κ3) is 7.14. The molecule has 0 radical (unpaired) electrons. The molecule has 14 nitrogen and oxygen atoms in total. The van der Waals surface area contributed by atoms with E-state index >= 15 is 0 Å². The summed E-state index contributed by atoms with van der Waals surface area (Å²) in [6, 6.07) is 8.88. The largest absolute Gasteiger partial charge is 0.507 e. The van der Waals surface area contributed by atoms with E-state index in [4.69, 9.17) is 40.1 Å². The number of anilines is 2. The number of phenols is 1. The maximum atomic E-state index is 14.3. The summed E-state index contributed by atoms with van der Waals surface area (Å²) in [5, 5.41) is 21.3. The molecule has 1 fully saturated rings. The number of nitrogens with two attached hydrogens (primary N) is 2. The van der Waals surface area contributed by atoms with Gasteiger partial charge in [-0.15, -0.1) is 0 Å². The number of aromatic nitrogens is 2. The van der Waals surface area contributed by atoms with Gasteiger partial charge in [-0.2, -0.15) is 0 Å². The minimum Gasteiger partial charge on any atom is -0.507 e. The highest BCUT2D eigenvalue weighted by Crippen LogP contribution is 2.49. The van der Waals surface area contributed by atoms with Crippen LogP contribution < -0.4 is 26.5 Å². The molecule has 7 N–H and O–H groups in total. The number of aromatic hydroxyl groups is 1. The fourth-order valence-electron chi connectivity index (χ4n) is 8.61. The van der Waals surface area contributed by atoms with Gasteiger partial charge in [-0.1, -0.05) is 21.6 Å². The van der Waals surface area contributed by atoms with Crippen LogP contribution in [0.15, 0.2) is 68.6 Å². The Bertz CT molecular complexity index is 2510. The number of pyridine rings is 2. The lowest BCUT2D eigenvalue weighted by molar-refractivity contribution is -0.848. The average molecular weight is 826 g/mol. The van der Waals surface area contributed by atoms with Gasteiger partial charge in [-0.05, 0) is 69.4 Å². The molecular formula is C42H45N6O8S2+. The highest BCUT2D eigenvalue weighted by atomic mass is 33.1. The van der Waals surface area contributed by atoms with Crippen LogP contribution in [0.4, 0.5) is 11.6 Å². The zero-order valence-corrected chi connectivity index (χ0v) is 33.8. The molecule has 302 valence electrons. The Hall–Kier alpha value is -4.87. The number of hydrogen-bond donors (Lipinski definition) is 5. The molecule has 5 aliphatic rings. The summed E-state index contributed by atoms with van der Waals surface area (Å²) in [7, 11) is 3.25. The van der Waals surface area contributed by atoms with Gasteiger partial charge in [0.1, 0.15) is 76.6 Å². The number of nitrogens with one attached hydrogen (secondary N) is 1. The minimum atomic E-state index is -1.26. The molecule has 0 aliphatic carbocycles. The second kappa shape index (κ2) is 15.1. The van der Waals surface area contributed by atoms with E-state index in [1.54, 1.807) is 34.6 Å². The van der Waals surface area contributed by atoms with E-state index in [1.165, 1.54) is 11.0 Å². The molecule has 0 amide bonds. The van der Waals surface area contributed by atoms with Gasteiger partial charge < -0.3 is 40.3 Å². The Labute approximate surface area is 342 Å². The van der Waals surface area contributed by atoms with Crippen molar-refractivity contribution in [2.45, 2.75) is 88.1 Å². The van der Waals surface area contributed by atoms with Crippen molar-refractivity contribution in [3.8, 4) is 22.8 Å². The van der Waals surface area contributed by atoms with Crippen molar-refractivity contribution < 1.29 is 38.5 Å². The summed E-state index contributed by atoms with van der Waals surface area (Å²) in [5.41, 5.74) is 17.5. The molecule has 5 atom stereocenters. The number of rotatable bonds is 5. The predicted molar refractivity (Wildman–Crippen MR) is 223 cm³/mol. The normalized spacial score (nSPS) is 26.5. The summed E-state index contributed by atoms with van der Waals surface area (Å²) in [4.78, 5) is 42.6. The Kier molecular flexibility index (Phi) is 10.0. The Morgan fingerprint density at radius 2 is 1.93 bits per heavy atom. The Morgan fingerprint density at radius 3 is 2.76 bits per heavy atom. The van der Waals surface area contributed by atoms with E-state index in [1.807, 2.05) is 31.3 Å². The Balaban J connectivity index is 1.06. The van der Waals surface area contributed by atoms with E-state index in [2.05, 4.69) is 17.3 Å². The zero-order chi connectivity index (χ0) is 40.3. The lowest BCUT2D eigenvalue weighted by Crippen LogP contribution is -3.05. The van der Waals surface area contributed by atoms with Crippen molar-refractivity contribution in [2.75, 3.05) is 30.4 Å². The first-order chi connectivity index (χ1) is 27.9. The summed E-state index contributed by atoms with van der Waals surface area (Å²) < 4.78 is 25.1. The van der Waals surface area contributed by atoms with E-state index < -0.39 is 29.4 Å². The molecule has 9 rings (SSSR count). The number of phenolic OH excluding ortho intramolecular Hbond substituents is 1. The molecule has 16 heteroatoms. The number of hydrogen-bond acceptors (Lipinski definition) is 15. The third-order valence-electron chi connectivity index (χ3n) is 11.7. The standard InChI is InChI=1S/C42H44N6O8S2/c1-22-12-31(50)37-33(53-22)17-32-27(38(37)51)16-35-41(2,55-32)8-11-57-58-21-28-26(15-25(46-39(28)44)19-48-18-24-6-9-45-30(24)20-48)29-13-23(14-36(43)47-29)4-5-34-42(56-34,7-3-10-49)40(52)54-35/h6,9,12-15,17-18,34-35,49,51H,3-5,7-8,10-11,16,19-21H2,1-2H3,(H2,43,47)(H2,44,46)/p+1/t34-,35-,41-,42-/m0/s1. The molecule has 4 aromatic rings. The van der Waals surface area contributed by atoms with Crippen molar-refractivity contribution in [3.05, 3.63) is 92.7 Å². The first-order valence-corrected chi connectivity index (χ1v) is 22.0. The number of fused-ring (bicyclic) bond motifs is 9. The quantitative estimate of drug-likeness (QED) is 0.109. The summed E-state index contributed by atoms with van der Waals surface area (Å²) >= 11 is 0. The van der Waals surface area contributed by atoms with E-state index in [0.29, 0.717) is 78.1 Å². The molecule has 1 unspecified atom stereocenters. The van der Waals surface area contributed by atoms with Crippen molar-refractivity contribution in [1.82, 2.24) is 9.97 Å². The van der Waals surface area contributed by atoms with Crippen LogP contribution in [0.3, 0.4) is 0 Å². The molecule has 0 saturated carbocycles. The molecule has 2 bridgehead atoms. The second-order valence-corrected chi connectivity index (χ2v) is 18.4. The van der Waals surface area contributed by atoms with Crippen LogP contribution in [0.5, 0.6) is 11.5 Å². The van der Waals surface area contributed by atoms with Crippen molar-refractivity contribution in [1.29, 1.82) is 0 Å². The molecular weight excluding hydrogens is 781 g/mol. The topological polar surface area (TPSA) is 213 Å². The number of epoxide rings is 1. The molecule has 3 aromatic heterocycles. The number of ether oxygens (including phenoxy) is 3. The van der Waals surface area contributed by atoms with Crippen molar-refractivity contribution in [2.24, 2.45) is 4.99 Å². The van der Waals surface area contributed by atoms with Gasteiger partial charge in [0.05, 0.1) is 23.1 Å². The number of allylic oxidation sites excluding steroid dienone is 1. The van der Waals surface area contributed by atoms with Gasteiger partial charge in [0.15, 0.2) is 11.0 Å². The summed E-state index contributed by atoms with van der Waals surface area (Å²) in [6.07, 6.45) is 6.90. The maximum absolute atomic E-state index is 14.3. The molecule has 1 saturated heterocycles. The van der Waals surface area contributed by atoms with Gasteiger partial charge in [0, 0.05) is 66.0 Å². The molecule has 1 aromatic carbocycles. The number of aliphatic imine (C=N–C) groups is 1. The third-order valence-corrected chi connectivity index (χ3v) is 14.0. The van der Waals surface area contributed by atoms with Crippen molar-refractivity contribution >= 4 is 55.9 Å². The van der Waals surface area contributed by atoms with Crippen LogP contribution in [0.2, 0.25) is 0 Å². The highest BCUT2D eigenvalue weighted by Gasteiger charge is 2.63. The van der Waals surface area contributed by atoms with Gasteiger partial charge >= 0.3 is 5.97 Å². The fourth-order valence-corrected chi connectivity index (χ4v) is 10.9. The smallest absolute Gasteiger partial charge is 0.341 e. The number of nitrogen functional groups attached to an aromatic ring is 2. The summed E-state index contributed by atoms with van der Waals surface area (Å²) in [6.45, 7) is 4.84. The number of nitrogens with zero attached hydrogens (tertiary/aromatic N) is 3. The number of aryl methyl sites for hydroxylation is 2. The molecule has 5 aliphatic heterocycles. The number of aliphatic hydroxyl groups excluding tert-OH is 1. The molecule has 58 heavy (non-hydrogen) atoms. The van der Waals surface area contributed by atoms with Crippen LogP contribution in [-0.2, 0) is 39.4 Å². The lowest BCUT2D eigenvalue weighted by Gasteiger charge is -2.42. The first-order valence-electron chi connectivity index (χ1n) is 19.5. The first kappa shape index (κ1) is 38.6. The number of quaternary nitrogens is 1. The Morgan fingerprint density at radius 1 is 1.07 bits per heavy atom. The maximum Gasteiger partial charge on any atom is 0.341 e. The predicted octanol–water partition coefficient (Wildman–Crippen LogP) is 4.11. The number of esters is 1. The summed E-state index contributed by atoms with van der Waals surface area (Å²) in [5.74, 6) is 1.90. The average Bonchev–Trinajstić information content (AvgIpc) is 3.49. The van der Waals surface area contributed by atoms with Crippen LogP contribution in [0.25, 0.3) is 22.2 Å². The minimum absolute atomic E-state index is 0.0467. The number of carbonyl (C=O) groups excluding carboxylic acids is 1. The van der Waals surface area contributed by atoms with E-state index in [9.17, 15) is 19.8 Å². The fraction of sp³-hybridized carbons (Fsp3) is 0.405. The van der Waals surface area contributed by atoms with Gasteiger partial charge in [0.2, 0.25) is 0 Å². The SMILES string of the molecule is Cc1cc(=O)c2c(O)c3c(cc2o1)O[C@@]1(C)CCSSCc2c(cc(C[NH+]4C=C5C=CN=C5C4)nc2N)-c2cc(cc(N)n2)CC[C@@H]2O[C@]2(CCCO)C(=O)O[C@H]1C3. The van der Waals surface area contributed by atoms with Crippen LogP contribution >= 0.6 is 21.6 Å². The van der Waals surface area contributed by atoms with E-state index in [0.717, 1.165) is 40.2 Å².